The molecule has 0 aliphatic carbocycles. The molecule has 0 aromatic carbocycles. The minimum Gasteiger partial charge on any atom is -0.325 e. The maximum absolute atomic E-state index is 11.7. The van der Waals surface area contributed by atoms with Crippen molar-refractivity contribution in [2.75, 3.05) is 7.05 Å². The summed E-state index contributed by atoms with van der Waals surface area (Å²) in [5, 5.41) is 18.5. The average Bonchev–Trinajstić information content (AvgIpc) is 3.42. The summed E-state index contributed by atoms with van der Waals surface area (Å²) in [6.07, 6.45) is 6.88. The van der Waals surface area contributed by atoms with Crippen molar-refractivity contribution in [3.8, 4) is 0 Å². The van der Waals surface area contributed by atoms with Crippen LogP contribution in [0.25, 0.3) is 10.3 Å². The van der Waals surface area contributed by atoms with Gasteiger partial charge in [0, 0.05) is 51.2 Å². The molecule has 0 spiro atoms. The van der Waals surface area contributed by atoms with Gasteiger partial charge in [0.05, 0.1) is 28.8 Å². The number of thiazole rings is 1. The molecular weight excluding hydrogens is 376 g/mol. The Balaban J connectivity index is 1.62. The van der Waals surface area contributed by atoms with Crippen LogP contribution in [-0.2, 0) is 27.1 Å². The number of aldehydes is 1. The Kier molecular flexibility index (Phi) is 4.78. The number of hydrazone groups is 1. The molecule has 0 radical (unpaired) electrons. The lowest BCUT2D eigenvalue weighted by Gasteiger charge is -2.10. The zero-order chi connectivity index (χ0) is 19.7. The minimum absolute atomic E-state index is 0.567. The van der Waals surface area contributed by atoms with Crippen LogP contribution in [0.2, 0.25) is 0 Å². The van der Waals surface area contributed by atoms with E-state index >= 15 is 0 Å². The molecule has 1 N–H and O–H groups in total. The fraction of sp³-hybridized carbons (Fsp3) is 0.278. The molecule has 4 heterocycles. The molecule has 0 unspecified atom stereocenters. The van der Waals surface area contributed by atoms with Crippen molar-refractivity contribution in [1.29, 1.82) is 0 Å². The fourth-order valence-electron chi connectivity index (χ4n) is 3.04. The molecule has 0 aliphatic rings. The average molecular weight is 396 g/mol. The van der Waals surface area contributed by atoms with Gasteiger partial charge >= 0.3 is 0 Å². The van der Waals surface area contributed by atoms with E-state index in [1.807, 2.05) is 44.0 Å². The summed E-state index contributed by atoms with van der Waals surface area (Å²) in [6, 6.07) is 3.88. The summed E-state index contributed by atoms with van der Waals surface area (Å²) in [5.41, 5.74) is 4.07. The normalized spacial score (nSPS) is 11.7. The number of H-pyrrole nitrogens is 1. The lowest BCUT2D eigenvalue weighted by Crippen LogP contribution is -2.12. The molecule has 0 saturated heterocycles. The van der Waals surface area contributed by atoms with E-state index in [2.05, 4.69) is 20.4 Å². The molecule has 144 valence electrons. The zero-order valence-electron chi connectivity index (χ0n) is 15.8. The second-order valence-electron chi connectivity index (χ2n) is 6.54. The van der Waals surface area contributed by atoms with Crippen molar-refractivity contribution >= 4 is 34.2 Å². The van der Waals surface area contributed by atoms with Crippen LogP contribution >= 0.6 is 11.3 Å². The molecule has 10 heteroatoms. The Bertz CT molecular complexity index is 1130. The number of carbonyl (C=O) groups is 1. The molecule has 28 heavy (non-hydrogen) atoms. The second-order valence-corrected chi connectivity index (χ2v) is 7.62. The SMILES string of the molecule is CN(Cc1ccn(C)n1)/N=C\c1c(C=O)n(C)c2nc(Cc3ccn[nH]3)sc12. The van der Waals surface area contributed by atoms with Crippen LogP contribution in [-0.4, -0.2) is 54.1 Å². The summed E-state index contributed by atoms with van der Waals surface area (Å²) in [4.78, 5) is 16.4. The Morgan fingerprint density at radius 1 is 1.36 bits per heavy atom. The predicted molar refractivity (Wildman–Crippen MR) is 108 cm³/mol. The van der Waals surface area contributed by atoms with Gasteiger partial charge in [-0.15, -0.1) is 11.3 Å². The van der Waals surface area contributed by atoms with Gasteiger partial charge in [0.15, 0.2) is 11.9 Å². The minimum atomic E-state index is 0.567. The summed E-state index contributed by atoms with van der Waals surface area (Å²) >= 11 is 1.57. The molecule has 4 aromatic heterocycles. The van der Waals surface area contributed by atoms with Crippen molar-refractivity contribution in [2.24, 2.45) is 19.2 Å². The van der Waals surface area contributed by atoms with E-state index in [1.54, 1.807) is 33.4 Å². The van der Waals surface area contributed by atoms with E-state index in [1.165, 1.54) is 0 Å². The van der Waals surface area contributed by atoms with Gasteiger partial charge in [-0.1, -0.05) is 0 Å². The number of nitrogens with zero attached hydrogens (tertiary/aromatic N) is 7. The van der Waals surface area contributed by atoms with Crippen LogP contribution in [0.4, 0.5) is 0 Å². The summed E-state index contributed by atoms with van der Waals surface area (Å²) in [5.74, 6) is 0. The first-order valence-electron chi connectivity index (χ1n) is 8.70. The molecule has 0 bridgehead atoms. The van der Waals surface area contributed by atoms with Gasteiger partial charge in [-0.25, -0.2) is 4.98 Å². The number of hydrogen-bond donors (Lipinski definition) is 1. The lowest BCUT2D eigenvalue weighted by atomic mass is 10.3. The highest BCUT2D eigenvalue weighted by Crippen LogP contribution is 2.30. The standard InChI is InChI=1S/C18H20N8OS/c1-24-7-5-13(23-24)10-25(2)20-9-14-15(11-27)26(3)18-17(14)28-16(21-18)8-12-4-6-19-22-12/h4-7,9,11H,8,10H2,1-3H3,(H,19,22)/b20-9-. The van der Waals surface area contributed by atoms with Crippen molar-refractivity contribution in [1.82, 2.24) is 34.5 Å². The molecule has 0 atom stereocenters. The van der Waals surface area contributed by atoms with E-state index in [9.17, 15) is 4.79 Å². The monoisotopic (exact) mass is 396 g/mol. The van der Waals surface area contributed by atoms with Crippen molar-refractivity contribution in [3.05, 3.63) is 52.2 Å². The third kappa shape index (κ3) is 3.46. The van der Waals surface area contributed by atoms with Crippen LogP contribution in [0.5, 0.6) is 0 Å². The lowest BCUT2D eigenvalue weighted by molar-refractivity contribution is 0.111. The van der Waals surface area contributed by atoms with E-state index in [4.69, 9.17) is 4.98 Å². The summed E-state index contributed by atoms with van der Waals surface area (Å²) < 4.78 is 4.53. The number of aromatic nitrogens is 6. The van der Waals surface area contributed by atoms with Crippen molar-refractivity contribution < 1.29 is 4.79 Å². The predicted octanol–water partition coefficient (Wildman–Crippen LogP) is 1.96. The highest BCUT2D eigenvalue weighted by Gasteiger charge is 2.18. The maximum Gasteiger partial charge on any atom is 0.167 e. The van der Waals surface area contributed by atoms with Gasteiger partial charge in [-0.2, -0.15) is 15.3 Å². The van der Waals surface area contributed by atoms with Gasteiger partial charge in [-0.3, -0.25) is 19.6 Å². The van der Waals surface area contributed by atoms with Crippen molar-refractivity contribution in [3.63, 3.8) is 0 Å². The van der Waals surface area contributed by atoms with E-state index in [0.717, 1.165) is 38.6 Å². The number of rotatable bonds is 7. The Labute approximate surface area is 165 Å². The van der Waals surface area contributed by atoms with E-state index in [-0.39, 0.29) is 0 Å². The third-order valence-electron chi connectivity index (χ3n) is 4.41. The van der Waals surface area contributed by atoms with Gasteiger partial charge in [0.25, 0.3) is 0 Å². The topological polar surface area (TPSA) is 97.0 Å². The Hall–Kier alpha value is -3.27. The molecular formula is C18H20N8OS. The van der Waals surface area contributed by atoms with Gasteiger partial charge < -0.3 is 4.57 Å². The Morgan fingerprint density at radius 2 is 2.21 bits per heavy atom. The molecule has 0 saturated carbocycles. The molecule has 4 rings (SSSR count). The third-order valence-corrected chi connectivity index (χ3v) is 5.49. The first-order chi connectivity index (χ1) is 13.5. The van der Waals surface area contributed by atoms with E-state index in [0.29, 0.717) is 18.7 Å². The van der Waals surface area contributed by atoms with Gasteiger partial charge in [0.1, 0.15) is 5.01 Å². The zero-order valence-corrected chi connectivity index (χ0v) is 16.6. The van der Waals surface area contributed by atoms with Crippen LogP contribution in [0.3, 0.4) is 0 Å². The molecule has 9 nitrogen and oxygen atoms in total. The number of aryl methyl sites for hydroxylation is 2. The van der Waals surface area contributed by atoms with Gasteiger partial charge in [0.2, 0.25) is 0 Å². The second kappa shape index (κ2) is 7.39. The number of nitrogens with one attached hydrogen (secondary N) is 1. The van der Waals surface area contributed by atoms with Crippen LogP contribution in [0, 0.1) is 0 Å². The first kappa shape index (κ1) is 18.1. The van der Waals surface area contributed by atoms with Crippen molar-refractivity contribution in [2.45, 2.75) is 13.0 Å². The number of aromatic amines is 1. The van der Waals surface area contributed by atoms with Crippen LogP contribution in [0.1, 0.15) is 32.4 Å². The number of carbonyl (C=O) groups excluding carboxylic acids is 1. The molecule has 0 amide bonds. The van der Waals surface area contributed by atoms with Gasteiger partial charge in [-0.05, 0) is 12.1 Å². The number of fused-ring (bicyclic) bond motifs is 1. The molecule has 0 fully saturated rings. The van der Waals surface area contributed by atoms with E-state index < -0.39 is 0 Å². The quantitative estimate of drug-likeness (QED) is 0.293. The van der Waals surface area contributed by atoms with Crippen LogP contribution in [0.15, 0.2) is 29.6 Å². The fourth-order valence-corrected chi connectivity index (χ4v) is 4.17. The molecule has 4 aromatic rings. The van der Waals surface area contributed by atoms with Crippen LogP contribution < -0.4 is 0 Å². The maximum atomic E-state index is 11.7. The smallest absolute Gasteiger partial charge is 0.167 e. The summed E-state index contributed by atoms with van der Waals surface area (Å²) in [7, 11) is 5.61. The summed E-state index contributed by atoms with van der Waals surface area (Å²) in [6.45, 7) is 0.581. The number of hydrogen-bond acceptors (Lipinski definition) is 7. The molecule has 0 aliphatic heterocycles. The highest BCUT2D eigenvalue weighted by molar-refractivity contribution is 7.19. The first-order valence-corrected chi connectivity index (χ1v) is 9.52. The highest BCUT2D eigenvalue weighted by atomic mass is 32.1. The Morgan fingerprint density at radius 3 is 2.89 bits per heavy atom. The largest absolute Gasteiger partial charge is 0.325 e.